The van der Waals surface area contributed by atoms with Gasteiger partial charge in [-0.1, -0.05) is 0 Å². The minimum Gasteiger partial charge on any atom is -0.462 e. The second-order valence-electron chi connectivity index (χ2n) is 2.46. The van der Waals surface area contributed by atoms with Gasteiger partial charge in [0.1, 0.15) is 0 Å². The number of benzene rings is 1. The summed E-state index contributed by atoms with van der Waals surface area (Å²) in [7, 11) is 0. The maximum absolute atomic E-state index is 11.3. The predicted molar refractivity (Wildman–Crippen MR) is 54.5 cm³/mol. The normalized spacial score (nSPS) is 9.69. The first-order valence-corrected chi connectivity index (χ1v) is 4.66. The van der Waals surface area contributed by atoms with Gasteiger partial charge in [-0.3, -0.25) is 0 Å². The van der Waals surface area contributed by atoms with Crippen LogP contribution in [0.2, 0.25) is 0 Å². The van der Waals surface area contributed by atoms with E-state index in [4.69, 9.17) is 10.5 Å². The number of nitrogen functional groups attached to an aromatic ring is 1. The highest BCUT2D eigenvalue weighted by molar-refractivity contribution is 9.10. The lowest BCUT2D eigenvalue weighted by molar-refractivity contribution is 0.0525. The lowest BCUT2D eigenvalue weighted by Crippen LogP contribution is -2.06. The van der Waals surface area contributed by atoms with Gasteiger partial charge in [-0.2, -0.15) is 0 Å². The summed E-state index contributed by atoms with van der Waals surface area (Å²) >= 11 is 3.24. The fraction of sp³-hybridized carbons (Fsp3) is 0.222. The number of halogens is 1. The Morgan fingerprint density at radius 3 is 2.92 bits per heavy atom. The van der Waals surface area contributed by atoms with Gasteiger partial charge in [0, 0.05) is 10.2 Å². The first kappa shape index (κ1) is 10.1. The average Bonchev–Trinajstić information content (AvgIpc) is 2.09. The quantitative estimate of drug-likeness (QED) is 0.640. The highest BCUT2D eigenvalue weighted by Gasteiger charge is 2.10. The van der Waals surface area contributed by atoms with Gasteiger partial charge in [-0.25, -0.2) is 4.79 Å². The second kappa shape index (κ2) is 4.28. The van der Waals surface area contributed by atoms with Gasteiger partial charge < -0.3 is 10.5 Å². The van der Waals surface area contributed by atoms with Crippen molar-refractivity contribution in [1.82, 2.24) is 0 Å². The molecule has 0 fully saturated rings. The van der Waals surface area contributed by atoms with Crippen LogP contribution in [-0.4, -0.2) is 12.6 Å². The van der Waals surface area contributed by atoms with Crippen molar-refractivity contribution in [2.24, 2.45) is 0 Å². The molecule has 0 aliphatic heterocycles. The van der Waals surface area contributed by atoms with Crippen molar-refractivity contribution in [3.05, 3.63) is 28.2 Å². The molecule has 0 saturated carbocycles. The third kappa shape index (κ3) is 2.45. The Labute approximate surface area is 85.0 Å². The molecule has 0 aliphatic carbocycles. The van der Waals surface area contributed by atoms with Gasteiger partial charge in [0.25, 0.3) is 0 Å². The van der Waals surface area contributed by atoms with E-state index in [9.17, 15) is 4.79 Å². The lowest BCUT2D eigenvalue weighted by Gasteiger charge is -2.04. The van der Waals surface area contributed by atoms with Gasteiger partial charge in [-0.15, -0.1) is 0 Å². The standard InChI is InChI=1S/C9H10BrNO2/c1-2-13-9(12)7-5-6(11)3-4-8(7)10/h3-5H,2,11H2,1H3. The van der Waals surface area contributed by atoms with Crippen LogP contribution >= 0.6 is 15.9 Å². The molecule has 2 N–H and O–H groups in total. The van der Waals surface area contributed by atoms with Crippen molar-refractivity contribution in [2.75, 3.05) is 12.3 Å². The van der Waals surface area contributed by atoms with E-state index in [0.717, 1.165) is 0 Å². The third-order valence-electron chi connectivity index (χ3n) is 1.49. The Morgan fingerprint density at radius 1 is 1.62 bits per heavy atom. The minimum absolute atomic E-state index is 0.360. The fourth-order valence-corrected chi connectivity index (χ4v) is 1.32. The molecule has 0 aliphatic rings. The van der Waals surface area contributed by atoms with Crippen LogP contribution < -0.4 is 5.73 Å². The number of esters is 1. The molecule has 0 unspecified atom stereocenters. The topological polar surface area (TPSA) is 52.3 Å². The lowest BCUT2D eigenvalue weighted by atomic mass is 10.2. The van der Waals surface area contributed by atoms with Crippen molar-refractivity contribution >= 4 is 27.6 Å². The summed E-state index contributed by atoms with van der Waals surface area (Å²) in [4.78, 5) is 11.3. The molecule has 0 amide bonds. The molecule has 1 aromatic carbocycles. The van der Waals surface area contributed by atoms with Crippen molar-refractivity contribution in [2.45, 2.75) is 6.92 Å². The molecule has 0 heterocycles. The third-order valence-corrected chi connectivity index (χ3v) is 2.18. The highest BCUT2D eigenvalue weighted by Crippen LogP contribution is 2.20. The van der Waals surface area contributed by atoms with E-state index >= 15 is 0 Å². The van der Waals surface area contributed by atoms with Gasteiger partial charge in [0.2, 0.25) is 0 Å². The summed E-state index contributed by atoms with van der Waals surface area (Å²) in [5.41, 5.74) is 6.54. The number of ether oxygens (including phenoxy) is 1. The zero-order valence-corrected chi connectivity index (χ0v) is 8.80. The number of anilines is 1. The largest absolute Gasteiger partial charge is 0.462 e. The Morgan fingerprint density at radius 2 is 2.31 bits per heavy atom. The van der Waals surface area contributed by atoms with Crippen molar-refractivity contribution in [3.63, 3.8) is 0 Å². The SMILES string of the molecule is CCOC(=O)c1cc(N)ccc1Br. The second-order valence-corrected chi connectivity index (χ2v) is 3.31. The maximum atomic E-state index is 11.3. The molecule has 70 valence electrons. The van der Waals surface area contributed by atoms with E-state index in [1.54, 1.807) is 25.1 Å². The minimum atomic E-state index is -0.360. The van der Waals surface area contributed by atoms with Gasteiger partial charge in [0.05, 0.1) is 12.2 Å². The first-order valence-electron chi connectivity index (χ1n) is 3.87. The number of rotatable bonds is 2. The molecule has 0 saturated heterocycles. The molecule has 0 radical (unpaired) electrons. The van der Waals surface area contributed by atoms with E-state index in [1.165, 1.54) is 0 Å². The molecule has 4 heteroatoms. The van der Waals surface area contributed by atoms with Gasteiger partial charge in [0.15, 0.2) is 0 Å². The zero-order chi connectivity index (χ0) is 9.84. The zero-order valence-electron chi connectivity index (χ0n) is 7.21. The maximum Gasteiger partial charge on any atom is 0.339 e. The summed E-state index contributed by atoms with van der Waals surface area (Å²) < 4.78 is 5.53. The molecule has 0 spiro atoms. The van der Waals surface area contributed by atoms with E-state index in [1.807, 2.05) is 0 Å². The summed E-state index contributed by atoms with van der Waals surface area (Å²) in [5, 5.41) is 0. The van der Waals surface area contributed by atoms with Crippen LogP contribution in [0.3, 0.4) is 0 Å². The van der Waals surface area contributed by atoms with Gasteiger partial charge >= 0.3 is 5.97 Å². The van der Waals surface area contributed by atoms with E-state index in [0.29, 0.717) is 22.3 Å². The van der Waals surface area contributed by atoms with Crippen molar-refractivity contribution in [1.29, 1.82) is 0 Å². The summed E-state index contributed by atoms with van der Waals surface area (Å²) in [6, 6.07) is 5.02. The molecule has 0 bridgehead atoms. The number of nitrogens with two attached hydrogens (primary N) is 1. The first-order chi connectivity index (χ1) is 6.15. The van der Waals surface area contributed by atoms with Crippen LogP contribution in [0.4, 0.5) is 5.69 Å². The Balaban J connectivity index is 2.99. The van der Waals surface area contributed by atoms with Crippen LogP contribution in [0.5, 0.6) is 0 Å². The Hall–Kier alpha value is -1.03. The van der Waals surface area contributed by atoms with E-state index in [-0.39, 0.29) is 5.97 Å². The molecule has 1 aromatic rings. The van der Waals surface area contributed by atoms with E-state index in [2.05, 4.69) is 15.9 Å². The Bertz CT molecular complexity index is 325. The number of carbonyl (C=O) groups excluding carboxylic acids is 1. The Kier molecular flexibility index (Phi) is 3.31. The van der Waals surface area contributed by atoms with Crippen molar-refractivity contribution < 1.29 is 9.53 Å². The smallest absolute Gasteiger partial charge is 0.339 e. The molecule has 0 aromatic heterocycles. The predicted octanol–water partition coefficient (Wildman–Crippen LogP) is 2.21. The molecule has 1 rings (SSSR count). The monoisotopic (exact) mass is 243 g/mol. The number of hydrogen-bond acceptors (Lipinski definition) is 3. The van der Waals surface area contributed by atoms with Crippen LogP contribution in [-0.2, 0) is 4.74 Å². The average molecular weight is 244 g/mol. The summed E-state index contributed by atoms with van der Waals surface area (Å²) in [6.45, 7) is 2.12. The van der Waals surface area contributed by atoms with Crippen LogP contribution in [0.1, 0.15) is 17.3 Å². The number of hydrogen-bond donors (Lipinski definition) is 1. The van der Waals surface area contributed by atoms with Crippen LogP contribution in [0.15, 0.2) is 22.7 Å². The van der Waals surface area contributed by atoms with Crippen molar-refractivity contribution in [3.8, 4) is 0 Å². The summed E-state index contributed by atoms with van der Waals surface area (Å²) in [6.07, 6.45) is 0. The summed E-state index contributed by atoms with van der Waals surface area (Å²) in [5.74, 6) is -0.360. The molecular formula is C9H10BrNO2. The van der Waals surface area contributed by atoms with Crippen LogP contribution in [0.25, 0.3) is 0 Å². The molecule has 0 atom stereocenters. The molecule has 13 heavy (non-hydrogen) atoms. The van der Waals surface area contributed by atoms with Gasteiger partial charge in [-0.05, 0) is 41.1 Å². The van der Waals surface area contributed by atoms with E-state index < -0.39 is 0 Å². The molecule has 3 nitrogen and oxygen atoms in total. The fourth-order valence-electron chi connectivity index (χ4n) is 0.908. The van der Waals surface area contributed by atoms with Crippen LogP contribution in [0, 0.1) is 0 Å². The number of carbonyl (C=O) groups is 1. The molecular weight excluding hydrogens is 234 g/mol. The highest BCUT2D eigenvalue weighted by atomic mass is 79.9.